The zero-order valence-corrected chi connectivity index (χ0v) is 9.41. The first-order chi connectivity index (χ1) is 7.81. The van der Waals surface area contributed by atoms with E-state index in [1.165, 1.54) is 0 Å². The number of nitrogens with zero attached hydrogens (tertiary/aromatic N) is 3. The van der Waals surface area contributed by atoms with Crippen molar-refractivity contribution in [3.05, 3.63) is 29.3 Å². The fourth-order valence-electron chi connectivity index (χ4n) is 1.85. The van der Waals surface area contributed by atoms with Crippen LogP contribution < -0.4 is 0 Å². The average Bonchev–Trinajstić information content (AvgIpc) is 2.72. The largest absolute Gasteiger partial charge is 0.280 e. The molecule has 0 radical (unpaired) electrons. The van der Waals surface area contributed by atoms with E-state index in [1.54, 1.807) is 12.4 Å². The van der Waals surface area contributed by atoms with E-state index in [1.807, 2.05) is 6.07 Å². The summed E-state index contributed by atoms with van der Waals surface area (Å²) in [6.45, 7) is 2.05. The Morgan fingerprint density at radius 2 is 2.19 bits per heavy atom. The number of H-pyrrole nitrogens is 1. The normalized spacial score (nSPS) is 11.4. The Balaban J connectivity index is 2.55. The van der Waals surface area contributed by atoms with Gasteiger partial charge in [0.1, 0.15) is 16.2 Å². The van der Waals surface area contributed by atoms with E-state index in [0.29, 0.717) is 5.15 Å². The monoisotopic (exact) mass is 232 g/mol. The van der Waals surface area contributed by atoms with Crippen LogP contribution in [0.2, 0.25) is 5.15 Å². The molecule has 16 heavy (non-hydrogen) atoms. The Kier molecular flexibility index (Phi) is 2.04. The second kappa shape index (κ2) is 3.42. The first-order valence-electron chi connectivity index (χ1n) is 5.07. The van der Waals surface area contributed by atoms with Crippen LogP contribution >= 0.6 is 11.6 Å². The third-order valence-electron chi connectivity index (χ3n) is 2.67. The summed E-state index contributed by atoms with van der Waals surface area (Å²) >= 11 is 6.14. The lowest BCUT2D eigenvalue weighted by Gasteiger charge is -2.00. The van der Waals surface area contributed by atoms with E-state index >= 15 is 0 Å². The number of pyridine rings is 2. The van der Waals surface area contributed by atoms with Crippen LogP contribution in [-0.4, -0.2) is 20.2 Å². The number of rotatable bonds is 1. The van der Waals surface area contributed by atoms with Gasteiger partial charge in [-0.05, 0) is 12.5 Å². The van der Waals surface area contributed by atoms with Gasteiger partial charge in [-0.2, -0.15) is 5.10 Å². The predicted molar refractivity (Wildman–Crippen MR) is 63.6 cm³/mol. The topological polar surface area (TPSA) is 54.5 Å². The number of aromatic nitrogens is 4. The van der Waals surface area contributed by atoms with Crippen molar-refractivity contribution in [2.75, 3.05) is 0 Å². The Morgan fingerprint density at radius 3 is 3.00 bits per heavy atom. The first kappa shape index (κ1) is 9.54. The van der Waals surface area contributed by atoms with Gasteiger partial charge < -0.3 is 0 Å². The van der Waals surface area contributed by atoms with Crippen LogP contribution in [0.25, 0.3) is 21.8 Å². The molecule has 5 heteroatoms. The number of halogens is 1. The molecule has 4 nitrogen and oxygen atoms in total. The van der Waals surface area contributed by atoms with E-state index in [-0.39, 0.29) is 0 Å². The summed E-state index contributed by atoms with van der Waals surface area (Å²) in [6.07, 6.45) is 4.33. The van der Waals surface area contributed by atoms with Crippen molar-refractivity contribution in [1.29, 1.82) is 0 Å². The molecule has 3 heterocycles. The Bertz CT molecular complexity index is 674. The zero-order chi connectivity index (χ0) is 11.1. The van der Waals surface area contributed by atoms with Crippen molar-refractivity contribution < 1.29 is 0 Å². The Labute approximate surface area is 96.7 Å². The molecule has 0 aliphatic rings. The molecule has 0 aliphatic carbocycles. The third-order valence-corrected chi connectivity index (χ3v) is 2.96. The fourth-order valence-corrected chi connectivity index (χ4v) is 2.10. The van der Waals surface area contributed by atoms with Gasteiger partial charge in [0.25, 0.3) is 0 Å². The fraction of sp³-hybridized carbons (Fsp3) is 0.182. The smallest absolute Gasteiger partial charge is 0.137 e. The quantitative estimate of drug-likeness (QED) is 0.657. The molecule has 3 rings (SSSR count). The van der Waals surface area contributed by atoms with E-state index in [9.17, 15) is 0 Å². The summed E-state index contributed by atoms with van der Waals surface area (Å²) in [5.74, 6) is 0. The number of aromatic amines is 1. The highest BCUT2D eigenvalue weighted by atomic mass is 35.5. The highest BCUT2D eigenvalue weighted by molar-refractivity contribution is 6.35. The Morgan fingerprint density at radius 1 is 1.31 bits per heavy atom. The summed E-state index contributed by atoms with van der Waals surface area (Å²) in [5, 5.41) is 9.58. The molecule has 0 spiro atoms. The standard InChI is InChI=1S/C11H9ClN4/c1-2-8-10-9(16-15-8)7-5-13-4-3-6(7)11(12)14-10/h3-5H,2H2,1H3,(H,15,16). The van der Waals surface area contributed by atoms with Gasteiger partial charge in [0.2, 0.25) is 0 Å². The maximum atomic E-state index is 6.14. The van der Waals surface area contributed by atoms with Gasteiger partial charge in [0, 0.05) is 23.2 Å². The number of fused-ring (bicyclic) bond motifs is 3. The summed E-state index contributed by atoms with van der Waals surface area (Å²) in [5.41, 5.74) is 2.68. The van der Waals surface area contributed by atoms with Crippen LogP contribution in [0.3, 0.4) is 0 Å². The van der Waals surface area contributed by atoms with Crippen LogP contribution in [0.1, 0.15) is 12.6 Å². The van der Waals surface area contributed by atoms with Gasteiger partial charge in [-0.25, -0.2) is 4.98 Å². The van der Waals surface area contributed by atoms with Crippen molar-refractivity contribution in [2.45, 2.75) is 13.3 Å². The highest BCUT2D eigenvalue weighted by Gasteiger charge is 2.12. The summed E-state index contributed by atoms with van der Waals surface area (Å²) in [4.78, 5) is 8.48. The molecule has 0 unspecified atom stereocenters. The third kappa shape index (κ3) is 1.20. The van der Waals surface area contributed by atoms with Gasteiger partial charge in [0.15, 0.2) is 0 Å². The molecule has 1 N–H and O–H groups in total. The molecule has 0 saturated heterocycles. The average molecular weight is 233 g/mol. The molecule has 80 valence electrons. The number of hydrogen-bond donors (Lipinski definition) is 1. The van der Waals surface area contributed by atoms with Crippen molar-refractivity contribution in [3.8, 4) is 0 Å². The van der Waals surface area contributed by atoms with Gasteiger partial charge >= 0.3 is 0 Å². The van der Waals surface area contributed by atoms with E-state index < -0.39 is 0 Å². The number of aryl methyl sites for hydroxylation is 1. The molecule has 3 aromatic heterocycles. The molecule has 3 aromatic rings. The summed E-state index contributed by atoms with van der Waals surface area (Å²) in [7, 11) is 0. The molecule has 0 fully saturated rings. The van der Waals surface area contributed by atoms with Gasteiger partial charge in [-0.3, -0.25) is 10.1 Å². The van der Waals surface area contributed by atoms with Crippen LogP contribution in [0.15, 0.2) is 18.5 Å². The maximum Gasteiger partial charge on any atom is 0.137 e. The minimum absolute atomic E-state index is 0.501. The van der Waals surface area contributed by atoms with Crippen molar-refractivity contribution in [3.63, 3.8) is 0 Å². The summed E-state index contributed by atoms with van der Waals surface area (Å²) in [6, 6.07) is 1.85. The highest BCUT2D eigenvalue weighted by Crippen LogP contribution is 2.28. The van der Waals surface area contributed by atoms with Gasteiger partial charge in [-0.1, -0.05) is 18.5 Å². The van der Waals surface area contributed by atoms with E-state index in [0.717, 1.165) is 33.9 Å². The molecular formula is C11H9ClN4. The zero-order valence-electron chi connectivity index (χ0n) is 8.66. The second-order valence-corrected chi connectivity index (χ2v) is 3.93. The van der Waals surface area contributed by atoms with Crippen molar-refractivity contribution in [1.82, 2.24) is 20.2 Å². The van der Waals surface area contributed by atoms with E-state index in [2.05, 4.69) is 27.1 Å². The van der Waals surface area contributed by atoms with Crippen LogP contribution in [-0.2, 0) is 6.42 Å². The SMILES string of the molecule is CCc1[nH]nc2c1nc(Cl)c1ccncc12. The van der Waals surface area contributed by atoms with E-state index in [4.69, 9.17) is 11.6 Å². The first-order valence-corrected chi connectivity index (χ1v) is 5.45. The molecule has 0 bridgehead atoms. The second-order valence-electron chi connectivity index (χ2n) is 3.58. The molecular weight excluding hydrogens is 224 g/mol. The minimum atomic E-state index is 0.501. The lowest BCUT2D eigenvalue weighted by Crippen LogP contribution is -1.86. The van der Waals surface area contributed by atoms with Crippen LogP contribution in [0, 0.1) is 0 Å². The maximum absolute atomic E-state index is 6.14. The lowest BCUT2D eigenvalue weighted by atomic mass is 10.2. The van der Waals surface area contributed by atoms with Crippen LogP contribution in [0.5, 0.6) is 0 Å². The Hall–Kier alpha value is -1.68. The molecule has 0 saturated carbocycles. The number of nitrogens with one attached hydrogen (secondary N) is 1. The lowest BCUT2D eigenvalue weighted by molar-refractivity contribution is 0.986. The van der Waals surface area contributed by atoms with Crippen molar-refractivity contribution in [2.24, 2.45) is 0 Å². The minimum Gasteiger partial charge on any atom is -0.280 e. The molecule has 0 aliphatic heterocycles. The predicted octanol–water partition coefficient (Wildman–Crippen LogP) is 2.72. The molecule has 0 aromatic carbocycles. The number of hydrogen-bond acceptors (Lipinski definition) is 3. The summed E-state index contributed by atoms with van der Waals surface area (Å²) < 4.78 is 0. The van der Waals surface area contributed by atoms with Crippen molar-refractivity contribution >= 4 is 33.4 Å². The molecule has 0 atom stereocenters. The molecule has 0 amide bonds. The van der Waals surface area contributed by atoms with Gasteiger partial charge in [-0.15, -0.1) is 0 Å². The van der Waals surface area contributed by atoms with Gasteiger partial charge in [0.05, 0.1) is 5.69 Å². The van der Waals surface area contributed by atoms with Crippen LogP contribution in [0.4, 0.5) is 0 Å².